The number of benzene rings is 3. The zero-order valence-corrected chi connectivity index (χ0v) is 15.8. The number of hydrogen-bond donors (Lipinski definition) is 1. The molecule has 0 aliphatic rings. The number of aryl methyl sites for hydroxylation is 1. The molecule has 0 aliphatic heterocycles. The molecule has 0 aliphatic carbocycles. The van der Waals surface area contributed by atoms with Crippen molar-refractivity contribution in [2.75, 3.05) is 5.32 Å². The van der Waals surface area contributed by atoms with Gasteiger partial charge in [-0.05, 0) is 54.4 Å². The van der Waals surface area contributed by atoms with Crippen molar-refractivity contribution in [1.82, 2.24) is 0 Å². The van der Waals surface area contributed by atoms with E-state index in [1.165, 1.54) is 0 Å². The van der Waals surface area contributed by atoms with Crippen LogP contribution in [0.1, 0.15) is 15.9 Å². The van der Waals surface area contributed by atoms with Crippen LogP contribution in [0.3, 0.4) is 0 Å². The molecule has 4 rings (SSSR count). The highest BCUT2D eigenvalue weighted by Crippen LogP contribution is 2.24. The van der Waals surface area contributed by atoms with Crippen LogP contribution in [0.4, 0.5) is 5.69 Å². The number of nitrogens with one attached hydrogen (secondary N) is 1. The minimum Gasteiger partial charge on any atom is -0.422 e. The summed E-state index contributed by atoms with van der Waals surface area (Å²) < 4.78 is 5.40. The fraction of sp³-hybridized carbons (Fsp3) is 0.0435. The molecule has 138 valence electrons. The van der Waals surface area contributed by atoms with Crippen LogP contribution < -0.4 is 10.9 Å². The minimum absolute atomic E-state index is 0.274. The molecule has 1 amide bonds. The smallest absolute Gasteiger partial charge is 0.344 e. The van der Waals surface area contributed by atoms with Gasteiger partial charge in [0.15, 0.2) is 0 Å². The molecule has 0 unspecified atom stereocenters. The molecule has 1 N–H and O–H groups in total. The van der Waals surface area contributed by atoms with E-state index in [1.807, 2.05) is 25.1 Å². The summed E-state index contributed by atoms with van der Waals surface area (Å²) >= 11 is 6.11. The number of anilines is 1. The Labute approximate surface area is 166 Å². The lowest BCUT2D eigenvalue weighted by Gasteiger charge is -2.09. The van der Waals surface area contributed by atoms with Crippen molar-refractivity contribution in [2.45, 2.75) is 6.92 Å². The maximum atomic E-state index is 12.5. The summed E-state index contributed by atoms with van der Waals surface area (Å²) in [4.78, 5) is 24.9. The molecule has 0 atom stereocenters. The standard InChI is InChI=1S/C23H16ClNO3/c1-14-9-10-17(13-20(14)24)22(26)25-18-7-4-6-15(11-18)19-12-16-5-2-3-8-21(16)28-23(19)27/h2-13H,1H3,(H,25,26). The van der Waals surface area contributed by atoms with Crippen molar-refractivity contribution in [3.63, 3.8) is 0 Å². The molecule has 0 fully saturated rings. The van der Waals surface area contributed by atoms with Gasteiger partial charge in [0, 0.05) is 21.7 Å². The highest BCUT2D eigenvalue weighted by molar-refractivity contribution is 6.31. The van der Waals surface area contributed by atoms with E-state index in [-0.39, 0.29) is 5.91 Å². The Kier molecular flexibility index (Phi) is 4.72. The number of carbonyl (C=O) groups is 1. The number of para-hydroxylation sites is 1. The number of rotatable bonds is 3. The second kappa shape index (κ2) is 7.33. The predicted octanol–water partition coefficient (Wildman–Crippen LogP) is 5.67. The van der Waals surface area contributed by atoms with Crippen LogP contribution in [-0.4, -0.2) is 5.91 Å². The number of fused-ring (bicyclic) bond motifs is 1. The second-order valence-corrected chi connectivity index (χ2v) is 6.89. The first kappa shape index (κ1) is 18.0. The molecular weight excluding hydrogens is 374 g/mol. The molecule has 0 spiro atoms. The number of carbonyl (C=O) groups excluding carboxylic acids is 1. The van der Waals surface area contributed by atoms with Gasteiger partial charge in [-0.15, -0.1) is 0 Å². The summed E-state index contributed by atoms with van der Waals surface area (Å²) in [5.41, 5.74) is 3.16. The third-order valence-corrected chi connectivity index (χ3v) is 4.91. The Balaban J connectivity index is 1.66. The van der Waals surface area contributed by atoms with Crippen LogP contribution in [0.5, 0.6) is 0 Å². The van der Waals surface area contributed by atoms with E-state index < -0.39 is 5.63 Å². The van der Waals surface area contributed by atoms with Crippen molar-refractivity contribution >= 4 is 34.2 Å². The fourth-order valence-corrected chi connectivity index (χ4v) is 3.15. The van der Waals surface area contributed by atoms with Gasteiger partial charge in [0.1, 0.15) is 5.58 Å². The van der Waals surface area contributed by atoms with Crippen LogP contribution >= 0.6 is 11.6 Å². The van der Waals surface area contributed by atoms with Gasteiger partial charge in [0.05, 0.1) is 5.56 Å². The maximum Gasteiger partial charge on any atom is 0.344 e. The first-order chi connectivity index (χ1) is 13.5. The molecule has 4 nitrogen and oxygen atoms in total. The summed E-state index contributed by atoms with van der Waals surface area (Å²) in [5, 5.41) is 4.21. The molecule has 0 saturated heterocycles. The van der Waals surface area contributed by atoms with Crippen LogP contribution in [0, 0.1) is 6.92 Å². The van der Waals surface area contributed by atoms with Crippen molar-refractivity contribution in [3.8, 4) is 11.1 Å². The first-order valence-electron chi connectivity index (χ1n) is 8.72. The lowest BCUT2D eigenvalue weighted by Crippen LogP contribution is -2.12. The van der Waals surface area contributed by atoms with Crippen LogP contribution in [0.2, 0.25) is 5.02 Å². The molecule has 1 aromatic heterocycles. The lowest BCUT2D eigenvalue weighted by atomic mass is 10.1. The quantitative estimate of drug-likeness (QED) is 0.459. The highest BCUT2D eigenvalue weighted by atomic mass is 35.5. The third kappa shape index (κ3) is 3.55. The maximum absolute atomic E-state index is 12.5. The molecular formula is C23H16ClNO3. The molecule has 4 aromatic rings. The van der Waals surface area contributed by atoms with Crippen LogP contribution in [0.15, 0.2) is 82.0 Å². The van der Waals surface area contributed by atoms with Crippen LogP contribution in [-0.2, 0) is 0 Å². The molecule has 0 saturated carbocycles. The van der Waals surface area contributed by atoms with Crippen molar-refractivity contribution < 1.29 is 9.21 Å². The fourth-order valence-electron chi connectivity index (χ4n) is 2.97. The van der Waals surface area contributed by atoms with Gasteiger partial charge in [-0.1, -0.05) is 48.0 Å². The number of amides is 1. The monoisotopic (exact) mass is 389 g/mol. The van der Waals surface area contributed by atoms with Crippen molar-refractivity contribution in [1.29, 1.82) is 0 Å². The Hall–Kier alpha value is -3.37. The normalized spacial score (nSPS) is 10.8. The van der Waals surface area contributed by atoms with Crippen molar-refractivity contribution in [3.05, 3.63) is 99.4 Å². The summed E-state index contributed by atoms with van der Waals surface area (Å²) in [7, 11) is 0. The van der Waals surface area contributed by atoms with E-state index in [4.69, 9.17) is 16.0 Å². The first-order valence-corrected chi connectivity index (χ1v) is 9.10. The van der Waals surface area contributed by atoms with E-state index >= 15 is 0 Å². The van der Waals surface area contributed by atoms with Gasteiger partial charge < -0.3 is 9.73 Å². The van der Waals surface area contributed by atoms with E-state index in [2.05, 4.69) is 5.32 Å². The number of halogens is 1. The Bertz CT molecular complexity index is 1260. The summed E-state index contributed by atoms with van der Waals surface area (Å²) in [6.45, 7) is 1.88. The van der Waals surface area contributed by atoms with E-state index in [0.717, 1.165) is 10.9 Å². The molecule has 3 aromatic carbocycles. The Morgan fingerprint density at radius 3 is 2.61 bits per heavy atom. The highest BCUT2D eigenvalue weighted by Gasteiger charge is 2.11. The number of hydrogen-bond acceptors (Lipinski definition) is 3. The van der Waals surface area contributed by atoms with E-state index in [9.17, 15) is 9.59 Å². The molecule has 0 radical (unpaired) electrons. The largest absolute Gasteiger partial charge is 0.422 e. The van der Waals surface area contributed by atoms with E-state index in [0.29, 0.717) is 33.0 Å². The van der Waals surface area contributed by atoms with Crippen LogP contribution in [0.25, 0.3) is 22.1 Å². The van der Waals surface area contributed by atoms with Crippen molar-refractivity contribution in [2.24, 2.45) is 0 Å². The van der Waals surface area contributed by atoms with E-state index in [1.54, 1.807) is 54.6 Å². The zero-order valence-electron chi connectivity index (χ0n) is 15.0. The lowest BCUT2D eigenvalue weighted by molar-refractivity contribution is 0.102. The summed E-state index contributed by atoms with van der Waals surface area (Å²) in [5.74, 6) is -0.274. The Morgan fingerprint density at radius 1 is 0.964 bits per heavy atom. The van der Waals surface area contributed by atoms with Gasteiger partial charge in [-0.2, -0.15) is 0 Å². The average molecular weight is 390 g/mol. The topological polar surface area (TPSA) is 59.3 Å². The SMILES string of the molecule is Cc1ccc(C(=O)Nc2cccc(-c3cc4ccccc4oc3=O)c2)cc1Cl. The van der Waals surface area contributed by atoms with Gasteiger partial charge in [0.2, 0.25) is 0 Å². The summed E-state index contributed by atoms with van der Waals surface area (Å²) in [6.07, 6.45) is 0. The average Bonchev–Trinajstić information content (AvgIpc) is 2.69. The molecule has 0 bridgehead atoms. The summed E-state index contributed by atoms with van der Waals surface area (Å²) in [6, 6.07) is 21.4. The molecule has 5 heteroatoms. The van der Waals surface area contributed by atoms with Gasteiger partial charge in [-0.3, -0.25) is 4.79 Å². The third-order valence-electron chi connectivity index (χ3n) is 4.51. The van der Waals surface area contributed by atoms with Gasteiger partial charge in [-0.25, -0.2) is 4.79 Å². The molecule has 1 heterocycles. The Morgan fingerprint density at radius 2 is 1.79 bits per heavy atom. The minimum atomic E-state index is -0.424. The zero-order chi connectivity index (χ0) is 19.7. The predicted molar refractivity (Wildman–Crippen MR) is 112 cm³/mol. The van der Waals surface area contributed by atoms with Gasteiger partial charge >= 0.3 is 5.63 Å². The molecule has 28 heavy (non-hydrogen) atoms. The second-order valence-electron chi connectivity index (χ2n) is 6.48. The van der Waals surface area contributed by atoms with Gasteiger partial charge in [0.25, 0.3) is 5.91 Å².